The molecule has 1 N–H and O–H groups in total. The van der Waals surface area contributed by atoms with Crippen LogP contribution in [0.25, 0.3) is 0 Å². The highest BCUT2D eigenvalue weighted by Gasteiger charge is 2.04. The molecule has 0 bridgehead atoms. The minimum Gasteiger partial charge on any atom is -0.457 e. The molecule has 0 heterocycles. The summed E-state index contributed by atoms with van der Waals surface area (Å²) in [5, 5.41) is 3.42. The summed E-state index contributed by atoms with van der Waals surface area (Å²) >= 11 is 0. The number of hydrogen-bond acceptors (Lipinski definition) is 2. The molecule has 106 valence electrons. The number of aryl methyl sites for hydroxylation is 2. The predicted molar refractivity (Wildman–Crippen MR) is 84.4 cm³/mol. The highest BCUT2D eigenvalue weighted by Crippen LogP contribution is 2.26. The molecule has 20 heavy (non-hydrogen) atoms. The van der Waals surface area contributed by atoms with E-state index in [2.05, 4.69) is 63.3 Å². The molecule has 2 aromatic rings. The van der Waals surface area contributed by atoms with Crippen LogP contribution < -0.4 is 10.1 Å². The molecule has 0 aromatic heterocycles. The molecule has 0 aliphatic rings. The molecule has 0 spiro atoms. The highest BCUT2D eigenvalue weighted by atomic mass is 16.5. The fourth-order valence-corrected chi connectivity index (χ4v) is 1.92. The van der Waals surface area contributed by atoms with E-state index in [1.807, 2.05) is 12.1 Å². The third kappa shape index (κ3) is 4.10. The van der Waals surface area contributed by atoms with Gasteiger partial charge in [0.05, 0.1) is 0 Å². The molecule has 0 atom stereocenters. The lowest BCUT2D eigenvalue weighted by molar-refractivity contribution is 0.477. The van der Waals surface area contributed by atoms with Crippen LogP contribution in [0.5, 0.6) is 11.5 Å². The molecular formula is C18H23NO. The Morgan fingerprint density at radius 2 is 1.70 bits per heavy atom. The standard InChI is InChI=1S/C18H23NO/c1-13(2)19-12-16-8-7-15(4)18(11-16)20-17-9-5-14(3)6-10-17/h5-11,13,19H,12H2,1-4H3. The Labute approximate surface area is 121 Å². The second kappa shape index (κ2) is 6.58. The highest BCUT2D eigenvalue weighted by molar-refractivity contribution is 5.40. The lowest BCUT2D eigenvalue weighted by Crippen LogP contribution is -2.21. The zero-order valence-corrected chi connectivity index (χ0v) is 12.7. The first-order chi connectivity index (χ1) is 9.54. The molecule has 2 heteroatoms. The SMILES string of the molecule is Cc1ccc(Oc2cc(CNC(C)C)ccc2C)cc1. The molecular weight excluding hydrogens is 246 g/mol. The summed E-state index contributed by atoms with van der Waals surface area (Å²) in [4.78, 5) is 0. The van der Waals surface area contributed by atoms with Crippen LogP contribution in [0.1, 0.15) is 30.5 Å². The zero-order chi connectivity index (χ0) is 14.5. The molecule has 0 aliphatic carbocycles. The van der Waals surface area contributed by atoms with Crippen LogP contribution in [0.3, 0.4) is 0 Å². The van der Waals surface area contributed by atoms with Crippen molar-refractivity contribution < 1.29 is 4.74 Å². The van der Waals surface area contributed by atoms with Crippen LogP contribution in [-0.2, 0) is 6.54 Å². The summed E-state index contributed by atoms with van der Waals surface area (Å²) < 4.78 is 5.98. The van der Waals surface area contributed by atoms with E-state index in [0.29, 0.717) is 6.04 Å². The molecule has 0 amide bonds. The van der Waals surface area contributed by atoms with E-state index in [0.717, 1.165) is 23.6 Å². The third-order valence-corrected chi connectivity index (χ3v) is 3.22. The van der Waals surface area contributed by atoms with Gasteiger partial charge in [-0.1, -0.05) is 43.7 Å². The first-order valence-corrected chi connectivity index (χ1v) is 7.12. The Hall–Kier alpha value is -1.80. The number of nitrogens with one attached hydrogen (secondary N) is 1. The van der Waals surface area contributed by atoms with Crippen molar-refractivity contribution in [3.8, 4) is 11.5 Å². The second-order valence-corrected chi connectivity index (χ2v) is 5.55. The molecule has 0 unspecified atom stereocenters. The van der Waals surface area contributed by atoms with Gasteiger partial charge >= 0.3 is 0 Å². The van der Waals surface area contributed by atoms with Gasteiger partial charge in [0.15, 0.2) is 0 Å². The first kappa shape index (κ1) is 14.6. The Morgan fingerprint density at radius 3 is 2.35 bits per heavy atom. The van der Waals surface area contributed by atoms with Crippen molar-refractivity contribution >= 4 is 0 Å². The normalized spacial score (nSPS) is 10.8. The van der Waals surface area contributed by atoms with E-state index >= 15 is 0 Å². The Kier molecular flexibility index (Phi) is 4.80. The maximum absolute atomic E-state index is 5.98. The van der Waals surface area contributed by atoms with Gasteiger partial charge in [0.25, 0.3) is 0 Å². The van der Waals surface area contributed by atoms with Gasteiger partial charge in [-0.25, -0.2) is 0 Å². The summed E-state index contributed by atoms with van der Waals surface area (Å²) in [6, 6.07) is 15.0. The van der Waals surface area contributed by atoms with Crippen LogP contribution in [0.2, 0.25) is 0 Å². The molecule has 0 saturated heterocycles. The average molecular weight is 269 g/mol. The van der Waals surface area contributed by atoms with Crippen LogP contribution in [0.4, 0.5) is 0 Å². The van der Waals surface area contributed by atoms with Crippen molar-refractivity contribution in [2.24, 2.45) is 0 Å². The largest absolute Gasteiger partial charge is 0.457 e. The van der Waals surface area contributed by atoms with Crippen molar-refractivity contribution in [1.29, 1.82) is 0 Å². The minimum absolute atomic E-state index is 0.484. The molecule has 2 nitrogen and oxygen atoms in total. The molecule has 2 rings (SSSR count). The van der Waals surface area contributed by atoms with Crippen LogP contribution in [0, 0.1) is 13.8 Å². The van der Waals surface area contributed by atoms with E-state index in [1.165, 1.54) is 11.1 Å². The summed E-state index contributed by atoms with van der Waals surface area (Å²) in [5.41, 5.74) is 3.63. The summed E-state index contributed by atoms with van der Waals surface area (Å²) in [6.07, 6.45) is 0. The van der Waals surface area contributed by atoms with Gasteiger partial charge in [-0.3, -0.25) is 0 Å². The topological polar surface area (TPSA) is 21.3 Å². The second-order valence-electron chi connectivity index (χ2n) is 5.55. The molecule has 0 aliphatic heterocycles. The lowest BCUT2D eigenvalue weighted by Gasteiger charge is -2.12. The lowest BCUT2D eigenvalue weighted by atomic mass is 10.1. The summed E-state index contributed by atoms with van der Waals surface area (Å²) in [7, 11) is 0. The molecule has 2 aromatic carbocycles. The van der Waals surface area contributed by atoms with E-state index in [9.17, 15) is 0 Å². The van der Waals surface area contributed by atoms with Crippen LogP contribution in [0.15, 0.2) is 42.5 Å². The number of benzene rings is 2. The number of ether oxygens (including phenoxy) is 1. The van der Waals surface area contributed by atoms with E-state index in [-0.39, 0.29) is 0 Å². The van der Waals surface area contributed by atoms with E-state index in [1.54, 1.807) is 0 Å². The van der Waals surface area contributed by atoms with Gasteiger partial charge in [0.2, 0.25) is 0 Å². The van der Waals surface area contributed by atoms with Crippen molar-refractivity contribution in [2.45, 2.75) is 40.3 Å². The van der Waals surface area contributed by atoms with Gasteiger partial charge in [-0.05, 0) is 43.2 Å². The van der Waals surface area contributed by atoms with E-state index < -0.39 is 0 Å². The maximum Gasteiger partial charge on any atom is 0.130 e. The van der Waals surface area contributed by atoms with Gasteiger partial charge in [0.1, 0.15) is 11.5 Å². The van der Waals surface area contributed by atoms with Gasteiger partial charge in [0, 0.05) is 12.6 Å². The molecule has 0 radical (unpaired) electrons. The smallest absolute Gasteiger partial charge is 0.130 e. The number of hydrogen-bond donors (Lipinski definition) is 1. The fraction of sp³-hybridized carbons (Fsp3) is 0.333. The Balaban J connectivity index is 2.13. The monoisotopic (exact) mass is 269 g/mol. The third-order valence-electron chi connectivity index (χ3n) is 3.22. The van der Waals surface area contributed by atoms with Crippen LogP contribution >= 0.6 is 0 Å². The molecule has 0 saturated carbocycles. The van der Waals surface area contributed by atoms with Crippen molar-refractivity contribution in [3.05, 3.63) is 59.2 Å². The van der Waals surface area contributed by atoms with Gasteiger partial charge in [-0.15, -0.1) is 0 Å². The van der Waals surface area contributed by atoms with Crippen molar-refractivity contribution in [1.82, 2.24) is 5.32 Å². The fourth-order valence-electron chi connectivity index (χ4n) is 1.92. The van der Waals surface area contributed by atoms with E-state index in [4.69, 9.17) is 4.74 Å². The average Bonchev–Trinajstić information content (AvgIpc) is 2.42. The van der Waals surface area contributed by atoms with Crippen LogP contribution in [-0.4, -0.2) is 6.04 Å². The van der Waals surface area contributed by atoms with Gasteiger partial charge in [-0.2, -0.15) is 0 Å². The first-order valence-electron chi connectivity index (χ1n) is 7.12. The number of rotatable bonds is 5. The zero-order valence-electron chi connectivity index (χ0n) is 12.7. The van der Waals surface area contributed by atoms with Crippen molar-refractivity contribution in [2.75, 3.05) is 0 Å². The minimum atomic E-state index is 0.484. The quantitative estimate of drug-likeness (QED) is 0.857. The van der Waals surface area contributed by atoms with Gasteiger partial charge < -0.3 is 10.1 Å². The Morgan fingerprint density at radius 1 is 1.00 bits per heavy atom. The predicted octanol–water partition coefficient (Wildman–Crippen LogP) is 4.59. The molecule has 0 fully saturated rings. The summed E-state index contributed by atoms with van der Waals surface area (Å²) in [5.74, 6) is 1.81. The maximum atomic E-state index is 5.98. The summed E-state index contributed by atoms with van der Waals surface area (Å²) in [6.45, 7) is 9.31. The Bertz CT molecular complexity index is 558. The van der Waals surface area contributed by atoms with Crippen molar-refractivity contribution in [3.63, 3.8) is 0 Å².